The van der Waals surface area contributed by atoms with Gasteiger partial charge in [-0.3, -0.25) is 0 Å². The zero-order valence-corrected chi connectivity index (χ0v) is 30.9. The maximum Gasteiger partial charge on any atom is -1.00 e. The van der Waals surface area contributed by atoms with Crippen molar-refractivity contribution < 1.29 is 46.1 Å². The van der Waals surface area contributed by atoms with Crippen LogP contribution in [0.3, 0.4) is 0 Å². The van der Waals surface area contributed by atoms with Crippen molar-refractivity contribution in [1.82, 2.24) is 0 Å². The van der Waals surface area contributed by atoms with Crippen molar-refractivity contribution in [1.29, 1.82) is 0 Å². The molecule has 0 atom stereocenters. The number of rotatable bonds is 4. The van der Waals surface area contributed by atoms with Crippen LogP contribution in [0.15, 0.2) is 57.9 Å². The first-order valence-electron chi connectivity index (χ1n) is 16.5. The van der Waals surface area contributed by atoms with E-state index in [2.05, 4.69) is 99.4 Å². The van der Waals surface area contributed by atoms with E-state index >= 15 is 0 Å². The molecule has 2 aromatic rings. The molecule has 0 nitrogen and oxygen atoms in total. The van der Waals surface area contributed by atoms with E-state index in [0.29, 0.717) is 3.63 Å². The van der Waals surface area contributed by atoms with Crippen LogP contribution in [0.4, 0.5) is 0 Å². The number of fused-ring (bicyclic) bond motifs is 3. The van der Waals surface area contributed by atoms with Gasteiger partial charge in [-0.15, -0.1) is 0 Å². The van der Waals surface area contributed by atoms with Crippen molar-refractivity contribution in [3.63, 3.8) is 0 Å². The Labute approximate surface area is 277 Å². The van der Waals surface area contributed by atoms with Crippen LogP contribution >= 0.6 is 0 Å². The first-order valence-corrected chi connectivity index (χ1v) is 20.4. The third-order valence-electron chi connectivity index (χ3n) is 10.6. The van der Waals surface area contributed by atoms with E-state index in [1.807, 2.05) is 3.28 Å². The fourth-order valence-electron chi connectivity index (χ4n) is 8.28. The van der Waals surface area contributed by atoms with Gasteiger partial charge >= 0.3 is 254 Å². The van der Waals surface area contributed by atoms with Gasteiger partial charge in [0.15, 0.2) is 0 Å². The van der Waals surface area contributed by atoms with Gasteiger partial charge in [0.2, 0.25) is 0 Å². The van der Waals surface area contributed by atoms with Gasteiger partial charge < -0.3 is 24.8 Å². The average molecular weight is 683 g/mol. The van der Waals surface area contributed by atoms with Crippen molar-refractivity contribution in [2.75, 3.05) is 0 Å². The van der Waals surface area contributed by atoms with Gasteiger partial charge in [0, 0.05) is 0 Å². The van der Waals surface area contributed by atoms with E-state index < -0.39 is 21.3 Å². The van der Waals surface area contributed by atoms with E-state index in [4.69, 9.17) is 0 Å². The minimum atomic E-state index is -2.31. The molecule has 0 saturated heterocycles. The van der Waals surface area contributed by atoms with Crippen LogP contribution in [0.25, 0.3) is 11.1 Å². The Morgan fingerprint density at radius 2 is 1.10 bits per heavy atom. The summed E-state index contributed by atoms with van der Waals surface area (Å²) in [5.74, 6) is 1.78. The van der Waals surface area contributed by atoms with E-state index in [9.17, 15) is 0 Å². The molecule has 0 N–H and O–H groups in total. The van der Waals surface area contributed by atoms with Crippen LogP contribution in [0.1, 0.15) is 138 Å². The molecule has 226 valence electrons. The quantitative estimate of drug-likeness (QED) is 0.419. The first-order chi connectivity index (χ1) is 19.1. The van der Waals surface area contributed by atoms with Crippen molar-refractivity contribution in [3.8, 4) is 11.1 Å². The second kappa shape index (κ2) is 13.7. The second-order valence-electron chi connectivity index (χ2n) is 15.4. The summed E-state index contributed by atoms with van der Waals surface area (Å²) >= 11 is -2.31. The normalized spacial score (nSPS) is 19.2. The predicted molar refractivity (Wildman–Crippen MR) is 171 cm³/mol. The molecule has 0 spiro atoms. The molecule has 0 aromatic heterocycles. The molecule has 4 aliphatic carbocycles. The Bertz CT molecular complexity index is 1270. The molecule has 0 unspecified atom stereocenters. The summed E-state index contributed by atoms with van der Waals surface area (Å²) in [7, 11) is 0. The smallest absolute Gasteiger partial charge is 1.00 e. The molecule has 2 saturated carbocycles. The average Bonchev–Trinajstić information content (AvgIpc) is 3.58. The summed E-state index contributed by atoms with van der Waals surface area (Å²) in [6, 6.07) is 15.4. The molecule has 0 bridgehead atoms. The molecular formula is C39H52Cl2Zr. The summed E-state index contributed by atoms with van der Waals surface area (Å²) in [6.07, 6.45) is 23.3. The van der Waals surface area contributed by atoms with E-state index in [1.54, 1.807) is 22.3 Å². The molecule has 42 heavy (non-hydrogen) atoms. The third-order valence-corrected chi connectivity index (χ3v) is 19.7. The van der Waals surface area contributed by atoms with Gasteiger partial charge in [-0.2, -0.15) is 0 Å². The fraction of sp³-hybridized carbons (Fsp3) is 0.564. The van der Waals surface area contributed by atoms with Gasteiger partial charge in [-0.05, 0) is 0 Å². The Balaban J connectivity index is 0.00000202. The van der Waals surface area contributed by atoms with Crippen molar-refractivity contribution in [2.45, 2.75) is 127 Å². The van der Waals surface area contributed by atoms with Gasteiger partial charge in [-0.1, -0.05) is 0 Å². The fourth-order valence-corrected chi connectivity index (χ4v) is 18.8. The van der Waals surface area contributed by atoms with E-state index in [1.165, 1.54) is 81.8 Å². The molecule has 0 radical (unpaired) electrons. The molecule has 0 amide bonds. The maximum atomic E-state index is 2.60. The summed E-state index contributed by atoms with van der Waals surface area (Å²) < 4.78 is 4.69. The summed E-state index contributed by atoms with van der Waals surface area (Å²) in [5.41, 5.74) is 9.78. The van der Waals surface area contributed by atoms with Crippen molar-refractivity contribution >= 4 is 3.21 Å². The van der Waals surface area contributed by atoms with E-state index in [-0.39, 0.29) is 35.6 Å². The van der Waals surface area contributed by atoms with Crippen LogP contribution in [0.2, 0.25) is 0 Å². The maximum absolute atomic E-state index is 2.60. The monoisotopic (exact) mass is 680 g/mol. The minimum Gasteiger partial charge on any atom is -1.00 e. The molecule has 3 heteroatoms. The van der Waals surface area contributed by atoms with Gasteiger partial charge in [0.1, 0.15) is 0 Å². The SMILES string of the molecule is CC(C)(C)c1ccc2c(c1)-c1cc(C(C)(C)C)ccc1[CH]2[Zr+2]([C]1=CC=CC1)=[C](C1CCCCC1)C1CCCCC1.[Cl-].[Cl-]. The van der Waals surface area contributed by atoms with Crippen LogP contribution in [0, 0.1) is 11.8 Å². The predicted octanol–water partition coefficient (Wildman–Crippen LogP) is 5.15. The van der Waals surface area contributed by atoms with Crippen LogP contribution < -0.4 is 24.8 Å². The third kappa shape index (κ3) is 6.75. The molecule has 0 heterocycles. The Kier molecular flexibility index (Phi) is 11.1. The largest absolute Gasteiger partial charge is 1.00 e. The number of halogens is 2. The number of hydrogen-bond acceptors (Lipinski definition) is 0. The van der Waals surface area contributed by atoms with Crippen LogP contribution in [0.5, 0.6) is 0 Å². The number of benzene rings is 2. The summed E-state index contributed by atoms with van der Waals surface area (Å²) in [4.78, 5) is 0. The second-order valence-corrected chi connectivity index (χ2v) is 21.9. The first kappa shape index (κ1) is 34.1. The molecule has 2 fully saturated rings. The zero-order valence-electron chi connectivity index (χ0n) is 27.0. The van der Waals surface area contributed by atoms with Crippen LogP contribution in [-0.4, -0.2) is 3.21 Å². The Morgan fingerprint density at radius 1 is 0.643 bits per heavy atom. The van der Waals surface area contributed by atoms with Gasteiger partial charge in [0.05, 0.1) is 0 Å². The molecule has 2 aromatic carbocycles. The van der Waals surface area contributed by atoms with Crippen LogP contribution in [-0.2, 0) is 32.1 Å². The topological polar surface area (TPSA) is 0 Å². The summed E-state index contributed by atoms with van der Waals surface area (Å²) in [6.45, 7) is 14.3. The van der Waals surface area contributed by atoms with E-state index in [0.717, 1.165) is 11.8 Å². The summed E-state index contributed by atoms with van der Waals surface area (Å²) in [5, 5.41) is 0. The standard InChI is InChI=1S/C21H25.C13H22.C5H5.2ClH.Zr/c1-20(2,3)16-9-7-14-11-15-8-10-17(21(4,5)6)13-19(15)18(14)12-16;1-3-7-12(8-4-1)11-13-9-5-2-6-10-13;1-2-4-5-3-1;;;/h7-13H,1-6H3;12-13H,1-10H2;1-3H,4H2;2*1H;/q;;;;;+2/p-2. The van der Waals surface area contributed by atoms with Crippen molar-refractivity contribution in [3.05, 3.63) is 80.2 Å². The molecule has 4 aliphatic rings. The molecular weight excluding hydrogens is 631 g/mol. The molecule has 6 rings (SSSR count). The van der Waals surface area contributed by atoms with Gasteiger partial charge in [0.25, 0.3) is 0 Å². The molecule has 0 aliphatic heterocycles. The number of allylic oxidation sites excluding steroid dienone is 4. The zero-order chi connectivity index (χ0) is 28.1. The van der Waals surface area contributed by atoms with Gasteiger partial charge in [-0.25, -0.2) is 0 Å². The Hall–Kier alpha value is -0.747. The Morgan fingerprint density at radius 3 is 1.48 bits per heavy atom. The minimum absolute atomic E-state index is 0. The van der Waals surface area contributed by atoms with Crippen molar-refractivity contribution in [2.24, 2.45) is 11.8 Å². The number of hydrogen-bond donors (Lipinski definition) is 0.